The molecule has 0 radical (unpaired) electrons. The van der Waals surface area contributed by atoms with Crippen LogP contribution in [0.25, 0.3) is 10.9 Å². The summed E-state index contributed by atoms with van der Waals surface area (Å²) in [5, 5.41) is 0.150. The minimum Gasteiger partial charge on any atom is -0.364 e. The molecule has 3 unspecified atom stereocenters. The number of nitrogens with zero attached hydrogens (tertiary/aromatic N) is 2. The van der Waals surface area contributed by atoms with Crippen molar-refractivity contribution < 1.29 is 18.0 Å². The van der Waals surface area contributed by atoms with Crippen molar-refractivity contribution in [3.63, 3.8) is 0 Å². The monoisotopic (exact) mass is 444 g/mol. The molecule has 9 heteroatoms. The van der Waals surface area contributed by atoms with Gasteiger partial charge in [0.25, 0.3) is 11.8 Å². The molecule has 3 aromatic rings. The van der Waals surface area contributed by atoms with Crippen molar-refractivity contribution in [2.75, 3.05) is 0 Å². The lowest BCUT2D eigenvalue weighted by Gasteiger charge is -2.18. The fourth-order valence-corrected chi connectivity index (χ4v) is 4.87. The van der Waals surface area contributed by atoms with Gasteiger partial charge in [0, 0.05) is 36.5 Å². The van der Waals surface area contributed by atoms with Gasteiger partial charge in [-0.05, 0) is 56.2 Å². The molecular formula is C23H23F3N4O2. The lowest BCUT2D eigenvalue weighted by molar-refractivity contribution is -0.0412. The standard InChI is InChI=1S/C17H17F2N3O2.C6H6FN/c18-17(19)3-1-8-5-9(6-10(8)17)12-7-13(23)14-11(22-12)2-4-21-15(14)16(20)24;1-5-6(7)3-2-4-8-5/h2,4,7-10H,1,3,5-6H2,(H2,20,24)(H,22,23);2-4H,1H3. The first-order valence-electron chi connectivity index (χ1n) is 10.4. The van der Waals surface area contributed by atoms with Crippen LogP contribution in [0.1, 0.15) is 53.5 Å². The predicted molar refractivity (Wildman–Crippen MR) is 113 cm³/mol. The highest BCUT2D eigenvalue weighted by Gasteiger charge is 2.54. The van der Waals surface area contributed by atoms with E-state index in [1.54, 1.807) is 25.3 Å². The molecule has 168 valence electrons. The zero-order valence-corrected chi connectivity index (χ0v) is 17.4. The zero-order chi connectivity index (χ0) is 23.0. The molecule has 3 aromatic heterocycles. The molecule has 0 aliphatic heterocycles. The van der Waals surface area contributed by atoms with E-state index >= 15 is 0 Å². The molecule has 2 aliphatic rings. The van der Waals surface area contributed by atoms with Crippen molar-refractivity contribution in [1.82, 2.24) is 15.0 Å². The number of aryl methyl sites for hydroxylation is 1. The molecule has 0 aromatic carbocycles. The van der Waals surface area contributed by atoms with E-state index < -0.39 is 17.7 Å². The number of aromatic nitrogens is 3. The summed E-state index contributed by atoms with van der Waals surface area (Å²) in [7, 11) is 0. The van der Waals surface area contributed by atoms with Crippen molar-refractivity contribution in [2.45, 2.75) is 44.4 Å². The average Bonchev–Trinajstić information content (AvgIpc) is 3.31. The number of hydrogen-bond donors (Lipinski definition) is 2. The SMILES string of the molecule is Cc1ncccc1F.NC(=O)c1nccc2[nH]c(C3CC4CCC(F)(F)C4C3)cc(=O)c12. The third kappa shape index (κ3) is 4.11. The van der Waals surface area contributed by atoms with Crippen LogP contribution in [0.2, 0.25) is 0 Å². The van der Waals surface area contributed by atoms with Crippen LogP contribution in [0.15, 0.2) is 41.5 Å². The minimum absolute atomic E-state index is 0.0165. The van der Waals surface area contributed by atoms with Gasteiger partial charge in [0.15, 0.2) is 5.43 Å². The number of pyridine rings is 3. The molecule has 6 nitrogen and oxygen atoms in total. The first-order chi connectivity index (χ1) is 15.2. The number of fused-ring (bicyclic) bond motifs is 2. The molecule has 3 atom stereocenters. The van der Waals surface area contributed by atoms with Gasteiger partial charge in [-0.15, -0.1) is 0 Å². The van der Waals surface area contributed by atoms with Gasteiger partial charge in [0.2, 0.25) is 0 Å². The van der Waals surface area contributed by atoms with E-state index in [0.29, 0.717) is 36.2 Å². The van der Waals surface area contributed by atoms with Crippen molar-refractivity contribution >= 4 is 16.8 Å². The number of halogens is 3. The first-order valence-corrected chi connectivity index (χ1v) is 10.4. The quantitative estimate of drug-likeness (QED) is 0.622. The third-order valence-corrected chi connectivity index (χ3v) is 6.46. The topological polar surface area (TPSA) is 102 Å². The summed E-state index contributed by atoms with van der Waals surface area (Å²) in [6, 6.07) is 5.96. The van der Waals surface area contributed by atoms with Crippen LogP contribution in [0.4, 0.5) is 13.2 Å². The Morgan fingerprint density at radius 1 is 1.22 bits per heavy atom. The molecule has 0 saturated heterocycles. The summed E-state index contributed by atoms with van der Waals surface area (Å²) in [5.41, 5.74) is 6.40. The molecule has 2 fully saturated rings. The summed E-state index contributed by atoms with van der Waals surface area (Å²) in [6.45, 7) is 1.63. The van der Waals surface area contributed by atoms with Gasteiger partial charge in [0.05, 0.1) is 16.6 Å². The normalized spacial score (nSPS) is 23.4. The maximum atomic E-state index is 13.9. The van der Waals surface area contributed by atoms with Crippen LogP contribution >= 0.6 is 0 Å². The maximum absolute atomic E-state index is 13.9. The van der Waals surface area contributed by atoms with Crippen LogP contribution < -0.4 is 11.2 Å². The smallest absolute Gasteiger partial charge is 0.268 e. The van der Waals surface area contributed by atoms with Gasteiger partial charge in [0.1, 0.15) is 11.5 Å². The fraction of sp³-hybridized carbons (Fsp3) is 0.391. The average molecular weight is 444 g/mol. The number of rotatable bonds is 2. The summed E-state index contributed by atoms with van der Waals surface area (Å²) >= 11 is 0. The Hall–Kier alpha value is -3.23. The number of amides is 1. The van der Waals surface area contributed by atoms with Gasteiger partial charge in [-0.2, -0.15) is 0 Å². The van der Waals surface area contributed by atoms with E-state index in [4.69, 9.17) is 5.73 Å². The van der Waals surface area contributed by atoms with E-state index in [9.17, 15) is 22.8 Å². The number of nitrogens with one attached hydrogen (secondary N) is 1. The number of nitrogens with two attached hydrogens (primary N) is 1. The van der Waals surface area contributed by atoms with E-state index in [2.05, 4.69) is 15.0 Å². The number of aromatic amines is 1. The molecule has 5 rings (SSSR count). The number of alkyl halides is 2. The molecule has 0 spiro atoms. The second-order valence-corrected chi connectivity index (χ2v) is 8.44. The molecule has 32 heavy (non-hydrogen) atoms. The Morgan fingerprint density at radius 3 is 2.62 bits per heavy atom. The zero-order valence-electron chi connectivity index (χ0n) is 17.4. The highest BCUT2D eigenvalue weighted by molar-refractivity contribution is 6.03. The minimum atomic E-state index is -2.60. The summed E-state index contributed by atoms with van der Waals surface area (Å²) in [5.74, 6) is -4.28. The number of carbonyl (C=O) groups is 1. The Balaban J connectivity index is 0.000000260. The Bertz CT molecular complexity index is 1210. The lowest BCUT2D eigenvalue weighted by Crippen LogP contribution is -2.22. The van der Waals surface area contributed by atoms with Crippen molar-refractivity contribution in [2.24, 2.45) is 17.6 Å². The number of H-pyrrole nitrogens is 1. The predicted octanol–water partition coefficient (Wildman–Crippen LogP) is 4.09. The van der Waals surface area contributed by atoms with E-state index in [1.165, 1.54) is 18.3 Å². The summed E-state index contributed by atoms with van der Waals surface area (Å²) in [6.07, 6.45) is 4.53. The van der Waals surface area contributed by atoms with E-state index in [0.717, 1.165) is 0 Å². The Kier molecular flexibility index (Phi) is 5.75. The number of carbonyl (C=O) groups excluding carboxylic acids is 1. The molecule has 3 N–H and O–H groups in total. The van der Waals surface area contributed by atoms with Crippen LogP contribution in [-0.2, 0) is 0 Å². The highest BCUT2D eigenvalue weighted by atomic mass is 19.3. The number of primary amides is 1. The lowest BCUT2D eigenvalue weighted by atomic mass is 9.97. The van der Waals surface area contributed by atoms with Crippen molar-refractivity contribution in [3.8, 4) is 0 Å². The summed E-state index contributed by atoms with van der Waals surface area (Å²) in [4.78, 5) is 34.6. The van der Waals surface area contributed by atoms with Gasteiger partial charge in [-0.1, -0.05) is 0 Å². The largest absolute Gasteiger partial charge is 0.364 e. The summed E-state index contributed by atoms with van der Waals surface area (Å²) < 4.78 is 40.1. The van der Waals surface area contributed by atoms with Gasteiger partial charge >= 0.3 is 0 Å². The van der Waals surface area contributed by atoms with Crippen LogP contribution in [0.5, 0.6) is 0 Å². The first kappa shape index (κ1) is 22.0. The Morgan fingerprint density at radius 2 is 2.00 bits per heavy atom. The third-order valence-electron chi connectivity index (χ3n) is 6.46. The highest BCUT2D eigenvalue weighted by Crippen LogP contribution is 2.56. The molecule has 2 saturated carbocycles. The van der Waals surface area contributed by atoms with Crippen LogP contribution in [0.3, 0.4) is 0 Å². The van der Waals surface area contributed by atoms with E-state index in [-0.39, 0.29) is 40.6 Å². The number of hydrogen-bond acceptors (Lipinski definition) is 4. The fourth-order valence-electron chi connectivity index (χ4n) is 4.87. The van der Waals surface area contributed by atoms with Gasteiger partial charge in [-0.25, -0.2) is 13.2 Å². The van der Waals surface area contributed by atoms with E-state index in [1.807, 2.05) is 0 Å². The van der Waals surface area contributed by atoms with Gasteiger partial charge in [-0.3, -0.25) is 19.6 Å². The second-order valence-electron chi connectivity index (χ2n) is 8.44. The molecule has 2 aliphatic carbocycles. The van der Waals surface area contributed by atoms with Crippen LogP contribution in [0, 0.1) is 24.6 Å². The molecule has 0 bridgehead atoms. The van der Waals surface area contributed by atoms with Gasteiger partial charge < -0.3 is 10.7 Å². The van der Waals surface area contributed by atoms with Crippen LogP contribution in [-0.4, -0.2) is 26.8 Å². The Labute approximate surface area is 182 Å². The molecule has 1 amide bonds. The maximum Gasteiger partial charge on any atom is 0.268 e. The van der Waals surface area contributed by atoms with Crippen molar-refractivity contribution in [3.05, 3.63) is 69.8 Å². The molecule has 3 heterocycles. The molecular weight excluding hydrogens is 421 g/mol. The second kappa shape index (κ2) is 8.37. The van der Waals surface area contributed by atoms with Crippen molar-refractivity contribution in [1.29, 1.82) is 0 Å².